The van der Waals surface area contributed by atoms with Crippen molar-refractivity contribution in [3.8, 4) is 0 Å². The Labute approximate surface area is 340 Å². The van der Waals surface area contributed by atoms with Crippen LogP contribution >= 0.6 is 0 Å². The molecule has 0 radical (unpaired) electrons. The first-order chi connectivity index (χ1) is 26.1. The van der Waals surface area contributed by atoms with Crippen molar-refractivity contribution in [2.24, 2.45) is 0 Å². The monoisotopic (exact) mass is 819 g/mol. The summed E-state index contributed by atoms with van der Waals surface area (Å²) in [7, 11) is -6.06. The van der Waals surface area contributed by atoms with Crippen LogP contribution in [-0.4, -0.2) is 78.9 Å². The molecule has 0 bridgehead atoms. The minimum atomic E-state index is -2.19. The van der Waals surface area contributed by atoms with Crippen molar-refractivity contribution in [2.75, 3.05) is 13.2 Å². The van der Waals surface area contributed by atoms with Crippen molar-refractivity contribution in [3.05, 3.63) is 71.8 Å². The number of rotatable bonds is 30. The summed E-state index contributed by atoms with van der Waals surface area (Å²) in [5, 5.41) is 23.3. The number of aliphatic hydroxyl groups is 2. The third-order valence-electron chi connectivity index (χ3n) is 12.5. The lowest BCUT2D eigenvalue weighted by atomic mass is 9.98. The molecule has 0 spiro atoms. The highest BCUT2D eigenvalue weighted by Gasteiger charge is 2.41. The Bertz CT molecular complexity index is 1240. The van der Waals surface area contributed by atoms with Crippen molar-refractivity contribution in [3.63, 3.8) is 0 Å². The van der Waals surface area contributed by atoms with E-state index in [1.807, 2.05) is 36.4 Å². The van der Waals surface area contributed by atoms with Gasteiger partial charge in [-0.05, 0) is 104 Å². The third-order valence-corrected chi connectivity index (χ3v) is 26.4. The Morgan fingerprint density at radius 2 is 0.873 bits per heavy atom. The summed E-state index contributed by atoms with van der Waals surface area (Å²) in [6, 6.07) is 26.9. The highest BCUT2D eigenvalue weighted by Crippen LogP contribution is 2.39. The minimum Gasteiger partial charge on any atom is -0.414 e. The van der Waals surface area contributed by atoms with E-state index in [0.29, 0.717) is 45.7 Å². The van der Waals surface area contributed by atoms with Crippen molar-refractivity contribution in [2.45, 2.75) is 199 Å². The molecule has 0 saturated carbocycles. The standard InChI is InChI=1S/C45H82O7Si3/c1-12-54(13-2,14-3)51-42(28-30-48-36-38-24-20-18-21-25-38)33-40(46)32-41(47)34-44(50-53(10,11)45(7,8)9)35-43(52-55(15-4,16-5)17-6)29-31-49-37-39-26-22-19-23-27-39/h18-27,40-44,46-47H,12-17,28-37H2,1-11H3/t40-,41+,42+,43+,44+/m1/s1. The molecular formula is C45H82O7Si3. The predicted molar refractivity (Wildman–Crippen MR) is 238 cm³/mol. The molecule has 2 aromatic rings. The number of benzene rings is 2. The molecule has 0 fully saturated rings. The second-order valence-corrected chi connectivity index (χ2v) is 31.6. The van der Waals surface area contributed by atoms with Crippen LogP contribution in [0.25, 0.3) is 0 Å². The molecule has 5 atom stereocenters. The zero-order valence-electron chi connectivity index (χ0n) is 36.9. The molecule has 0 aromatic heterocycles. The van der Waals surface area contributed by atoms with Crippen molar-refractivity contribution in [1.82, 2.24) is 0 Å². The normalized spacial score (nSPS) is 15.8. The zero-order chi connectivity index (χ0) is 41.0. The van der Waals surface area contributed by atoms with E-state index in [4.69, 9.17) is 22.8 Å². The lowest BCUT2D eigenvalue weighted by Gasteiger charge is -2.41. The van der Waals surface area contributed by atoms with E-state index < -0.39 is 37.2 Å². The van der Waals surface area contributed by atoms with Crippen LogP contribution in [0.2, 0.25) is 54.4 Å². The molecule has 0 heterocycles. The van der Waals surface area contributed by atoms with Crippen molar-refractivity contribution >= 4 is 25.0 Å². The Kier molecular flexibility index (Phi) is 23.0. The van der Waals surface area contributed by atoms with E-state index >= 15 is 0 Å². The van der Waals surface area contributed by atoms with Crippen LogP contribution in [-0.2, 0) is 36.0 Å². The smallest absolute Gasteiger partial charge is 0.192 e. The molecule has 0 aliphatic heterocycles. The van der Waals surface area contributed by atoms with Crippen LogP contribution < -0.4 is 0 Å². The molecule has 2 aromatic carbocycles. The molecule has 55 heavy (non-hydrogen) atoms. The van der Waals surface area contributed by atoms with Gasteiger partial charge in [0.05, 0.1) is 25.4 Å². The van der Waals surface area contributed by atoms with Crippen LogP contribution in [0.5, 0.6) is 0 Å². The van der Waals surface area contributed by atoms with E-state index in [1.54, 1.807) is 0 Å². The molecule has 7 nitrogen and oxygen atoms in total. The SMILES string of the molecule is CC[Si](CC)(CC)O[C@@H](CCOCc1ccccc1)C[C@H](O)C[C@H](O)C[C@@H](C[C@H](CCOCc1ccccc1)O[Si](CC)(CC)CC)O[Si](C)(C)C(C)(C)C. The summed E-state index contributed by atoms with van der Waals surface area (Å²) in [6.45, 7) is 27.2. The van der Waals surface area contributed by atoms with Gasteiger partial charge in [-0.25, -0.2) is 0 Å². The van der Waals surface area contributed by atoms with Gasteiger partial charge in [-0.3, -0.25) is 0 Å². The third kappa shape index (κ3) is 18.1. The molecule has 0 amide bonds. The van der Waals surface area contributed by atoms with Gasteiger partial charge in [0, 0.05) is 31.5 Å². The van der Waals surface area contributed by atoms with Gasteiger partial charge in [-0.2, -0.15) is 0 Å². The maximum absolute atomic E-state index is 11.7. The molecule has 2 N–H and O–H groups in total. The van der Waals surface area contributed by atoms with Crippen molar-refractivity contribution in [1.29, 1.82) is 0 Å². The molecular weight excluding hydrogens is 737 g/mol. The molecule has 0 aliphatic carbocycles. The fraction of sp³-hybridized carbons (Fsp3) is 0.733. The maximum Gasteiger partial charge on any atom is 0.192 e. The topological polar surface area (TPSA) is 86.6 Å². The fourth-order valence-electron chi connectivity index (χ4n) is 7.31. The second kappa shape index (κ2) is 25.3. The Balaban J connectivity index is 2.21. The van der Waals surface area contributed by atoms with Crippen LogP contribution in [0.1, 0.15) is 112 Å². The number of ether oxygens (including phenoxy) is 2. The highest BCUT2D eigenvalue weighted by atomic mass is 28.4. The van der Waals surface area contributed by atoms with E-state index in [1.165, 1.54) is 5.56 Å². The first-order valence-corrected chi connectivity index (χ1v) is 29.7. The van der Waals surface area contributed by atoms with Gasteiger partial charge in [0.2, 0.25) is 0 Å². The minimum absolute atomic E-state index is 0.0149. The van der Waals surface area contributed by atoms with Gasteiger partial charge in [0.15, 0.2) is 25.0 Å². The molecule has 0 unspecified atom stereocenters. The van der Waals surface area contributed by atoms with Gasteiger partial charge >= 0.3 is 0 Å². The second-order valence-electron chi connectivity index (χ2n) is 17.4. The maximum atomic E-state index is 11.7. The van der Waals surface area contributed by atoms with Crippen molar-refractivity contribution < 1.29 is 33.0 Å². The van der Waals surface area contributed by atoms with Gasteiger partial charge in [-0.1, -0.05) is 123 Å². The summed E-state index contributed by atoms with van der Waals surface area (Å²) in [4.78, 5) is 0. The van der Waals surface area contributed by atoms with Gasteiger partial charge < -0.3 is 33.0 Å². The summed E-state index contributed by atoms with van der Waals surface area (Å²) in [6.07, 6.45) is 1.66. The summed E-state index contributed by atoms with van der Waals surface area (Å²) >= 11 is 0. The summed E-state index contributed by atoms with van der Waals surface area (Å²) in [5.74, 6) is 0. The highest BCUT2D eigenvalue weighted by molar-refractivity contribution is 6.74. The van der Waals surface area contributed by atoms with Gasteiger partial charge in [0.25, 0.3) is 0 Å². The summed E-state index contributed by atoms with van der Waals surface area (Å²) in [5.41, 5.74) is 2.32. The first-order valence-electron chi connectivity index (χ1n) is 21.7. The van der Waals surface area contributed by atoms with E-state index in [-0.39, 0.29) is 29.8 Å². The van der Waals surface area contributed by atoms with Crippen LogP contribution in [0.4, 0.5) is 0 Å². The average Bonchev–Trinajstić information content (AvgIpc) is 3.16. The van der Waals surface area contributed by atoms with E-state index in [0.717, 1.165) is 54.7 Å². The van der Waals surface area contributed by atoms with E-state index in [9.17, 15) is 10.2 Å². The fourth-order valence-corrected chi connectivity index (χ4v) is 14.5. The Morgan fingerprint density at radius 1 is 0.509 bits per heavy atom. The average molecular weight is 819 g/mol. The van der Waals surface area contributed by atoms with Crippen LogP contribution in [0.3, 0.4) is 0 Å². The largest absolute Gasteiger partial charge is 0.414 e. The van der Waals surface area contributed by atoms with Gasteiger partial charge in [0.1, 0.15) is 0 Å². The Hall–Kier alpha value is -1.19. The predicted octanol–water partition coefficient (Wildman–Crippen LogP) is 11.7. The number of aliphatic hydroxyl groups excluding tert-OH is 2. The molecule has 316 valence electrons. The van der Waals surface area contributed by atoms with E-state index in [2.05, 4.69) is 99.7 Å². The molecule has 10 heteroatoms. The molecule has 0 aliphatic rings. The quantitative estimate of drug-likeness (QED) is 0.0600. The molecule has 2 rings (SSSR count). The zero-order valence-corrected chi connectivity index (χ0v) is 39.9. The van der Waals surface area contributed by atoms with Crippen LogP contribution in [0, 0.1) is 0 Å². The lowest BCUT2D eigenvalue weighted by molar-refractivity contribution is 0.00331. The summed E-state index contributed by atoms with van der Waals surface area (Å²) < 4.78 is 33.5. The molecule has 0 saturated heterocycles. The number of hydrogen-bond donors (Lipinski definition) is 2. The van der Waals surface area contributed by atoms with Crippen LogP contribution in [0.15, 0.2) is 60.7 Å². The first kappa shape index (κ1) is 50.0. The number of hydrogen-bond acceptors (Lipinski definition) is 7. The van der Waals surface area contributed by atoms with Gasteiger partial charge in [-0.15, -0.1) is 0 Å². The lowest BCUT2D eigenvalue weighted by Crippen LogP contribution is -2.47. The Morgan fingerprint density at radius 3 is 1.24 bits per heavy atom.